The summed E-state index contributed by atoms with van der Waals surface area (Å²) in [6.07, 6.45) is 5.89. The van der Waals surface area contributed by atoms with Gasteiger partial charge in [-0.1, -0.05) is 37.3 Å². The number of benzene rings is 1. The molecule has 4 rings (SSSR count). The van der Waals surface area contributed by atoms with Crippen LogP contribution in [-0.4, -0.2) is 45.5 Å². The highest BCUT2D eigenvalue weighted by Gasteiger charge is 2.23. The van der Waals surface area contributed by atoms with Crippen LogP contribution in [0.2, 0.25) is 0 Å². The zero-order valence-corrected chi connectivity index (χ0v) is 19.8. The standard InChI is InChI=1S/C26H32N4O4/c1-3-25(31)30(16-22-12-8-14-33-22)15-21-11-7-13-29(21)17-24-28-23(18-34-24)26(32)27-19(2)20-9-5-4-6-10-20/h4-7,9-11,13,18-19,22H,3,8,12,14-17H2,1-2H3,(H,27,32). The van der Waals surface area contributed by atoms with Crippen molar-refractivity contribution < 1.29 is 18.7 Å². The predicted molar refractivity (Wildman–Crippen MR) is 127 cm³/mol. The smallest absolute Gasteiger partial charge is 0.273 e. The monoisotopic (exact) mass is 464 g/mol. The van der Waals surface area contributed by atoms with Gasteiger partial charge < -0.3 is 23.9 Å². The zero-order valence-electron chi connectivity index (χ0n) is 19.8. The Balaban J connectivity index is 1.39. The van der Waals surface area contributed by atoms with Crippen LogP contribution in [0.5, 0.6) is 0 Å². The predicted octanol–water partition coefficient (Wildman–Crippen LogP) is 3.93. The SMILES string of the molecule is CCC(=O)N(Cc1cccn1Cc1nc(C(=O)NC(C)c2ccccc2)co1)CC1CCCO1. The molecule has 0 bridgehead atoms. The van der Waals surface area contributed by atoms with Crippen LogP contribution >= 0.6 is 0 Å². The number of amides is 2. The van der Waals surface area contributed by atoms with Crippen molar-refractivity contribution >= 4 is 11.8 Å². The van der Waals surface area contributed by atoms with E-state index in [-0.39, 0.29) is 29.7 Å². The van der Waals surface area contributed by atoms with E-state index < -0.39 is 0 Å². The molecule has 8 nitrogen and oxygen atoms in total. The average molecular weight is 465 g/mol. The van der Waals surface area contributed by atoms with Crippen LogP contribution in [-0.2, 0) is 22.6 Å². The van der Waals surface area contributed by atoms with E-state index in [1.807, 2.05) is 72.0 Å². The second-order valence-electron chi connectivity index (χ2n) is 8.62. The van der Waals surface area contributed by atoms with Crippen LogP contribution in [0.4, 0.5) is 0 Å². The van der Waals surface area contributed by atoms with Crippen LogP contribution in [0.1, 0.15) is 66.8 Å². The summed E-state index contributed by atoms with van der Waals surface area (Å²) < 4.78 is 13.3. The maximum Gasteiger partial charge on any atom is 0.273 e. The summed E-state index contributed by atoms with van der Waals surface area (Å²) in [6.45, 7) is 6.03. The van der Waals surface area contributed by atoms with Crippen molar-refractivity contribution in [1.29, 1.82) is 0 Å². The van der Waals surface area contributed by atoms with Crippen molar-refractivity contribution in [3.8, 4) is 0 Å². The molecule has 2 unspecified atom stereocenters. The van der Waals surface area contributed by atoms with Crippen molar-refractivity contribution in [3.05, 3.63) is 77.8 Å². The van der Waals surface area contributed by atoms with Gasteiger partial charge in [0.15, 0.2) is 5.69 Å². The summed E-state index contributed by atoms with van der Waals surface area (Å²) >= 11 is 0. The van der Waals surface area contributed by atoms with Gasteiger partial charge in [0.25, 0.3) is 5.91 Å². The third-order valence-electron chi connectivity index (χ3n) is 6.12. The summed E-state index contributed by atoms with van der Waals surface area (Å²) in [6, 6.07) is 13.6. The van der Waals surface area contributed by atoms with Gasteiger partial charge in [0.2, 0.25) is 11.8 Å². The van der Waals surface area contributed by atoms with Gasteiger partial charge in [-0.3, -0.25) is 9.59 Å². The maximum absolute atomic E-state index is 12.6. The van der Waals surface area contributed by atoms with E-state index in [4.69, 9.17) is 9.15 Å². The minimum absolute atomic E-state index is 0.102. The third kappa shape index (κ3) is 5.94. The second-order valence-corrected chi connectivity index (χ2v) is 8.62. The first-order chi connectivity index (χ1) is 16.5. The molecule has 8 heteroatoms. The van der Waals surface area contributed by atoms with E-state index in [0.29, 0.717) is 31.9 Å². The first-order valence-corrected chi connectivity index (χ1v) is 11.9. The van der Waals surface area contributed by atoms with E-state index in [0.717, 1.165) is 30.7 Å². The fourth-order valence-corrected chi connectivity index (χ4v) is 4.18. The molecule has 0 spiro atoms. The lowest BCUT2D eigenvalue weighted by Crippen LogP contribution is -2.37. The maximum atomic E-state index is 12.6. The molecule has 34 heavy (non-hydrogen) atoms. The van der Waals surface area contributed by atoms with Gasteiger partial charge in [0, 0.05) is 31.5 Å². The molecule has 1 aliphatic rings. The molecule has 1 saturated heterocycles. The minimum Gasteiger partial charge on any atom is -0.446 e. The number of ether oxygens (including phenoxy) is 1. The van der Waals surface area contributed by atoms with E-state index >= 15 is 0 Å². The summed E-state index contributed by atoms with van der Waals surface area (Å²) in [5, 5.41) is 2.95. The lowest BCUT2D eigenvalue weighted by molar-refractivity contribution is -0.133. The Hall–Kier alpha value is -3.39. The highest BCUT2D eigenvalue weighted by atomic mass is 16.5. The van der Waals surface area contributed by atoms with Gasteiger partial charge in [-0.2, -0.15) is 0 Å². The largest absolute Gasteiger partial charge is 0.446 e. The molecule has 0 aliphatic carbocycles. The Bertz CT molecular complexity index is 1090. The fraction of sp³-hybridized carbons (Fsp3) is 0.423. The molecule has 2 aromatic heterocycles. The van der Waals surface area contributed by atoms with Crippen LogP contribution in [0.25, 0.3) is 0 Å². The van der Waals surface area contributed by atoms with Crippen molar-refractivity contribution in [1.82, 2.24) is 19.8 Å². The first-order valence-electron chi connectivity index (χ1n) is 11.9. The van der Waals surface area contributed by atoms with Crippen LogP contribution in [0, 0.1) is 0 Å². The Labute approximate surface area is 199 Å². The van der Waals surface area contributed by atoms with Gasteiger partial charge >= 0.3 is 0 Å². The number of carbonyl (C=O) groups excluding carboxylic acids is 2. The van der Waals surface area contributed by atoms with Gasteiger partial charge in [-0.15, -0.1) is 0 Å². The normalized spacial score (nSPS) is 16.4. The quantitative estimate of drug-likeness (QED) is 0.491. The van der Waals surface area contributed by atoms with Crippen LogP contribution < -0.4 is 5.32 Å². The van der Waals surface area contributed by atoms with Crippen molar-refractivity contribution in [2.75, 3.05) is 13.2 Å². The van der Waals surface area contributed by atoms with E-state index in [1.54, 1.807) is 0 Å². The molecular weight excluding hydrogens is 432 g/mol. The summed E-state index contributed by atoms with van der Waals surface area (Å²) in [7, 11) is 0. The molecule has 3 aromatic rings. The van der Waals surface area contributed by atoms with Crippen molar-refractivity contribution in [3.63, 3.8) is 0 Å². The summed E-state index contributed by atoms with van der Waals surface area (Å²) in [4.78, 5) is 31.4. The van der Waals surface area contributed by atoms with E-state index in [2.05, 4.69) is 10.3 Å². The van der Waals surface area contributed by atoms with Gasteiger partial charge in [0.1, 0.15) is 6.26 Å². The molecule has 180 valence electrons. The lowest BCUT2D eigenvalue weighted by atomic mass is 10.1. The van der Waals surface area contributed by atoms with Crippen LogP contribution in [0.15, 0.2) is 59.3 Å². The Morgan fingerprint density at radius 3 is 2.79 bits per heavy atom. The molecule has 0 saturated carbocycles. The van der Waals surface area contributed by atoms with E-state index in [1.165, 1.54) is 6.26 Å². The number of aromatic nitrogens is 2. The molecule has 1 aromatic carbocycles. The molecule has 1 aliphatic heterocycles. The summed E-state index contributed by atoms with van der Waals surface area (Å²) in [5.41, 5.74) is 2.24. The topological polar surface area (TPSA) is 89.6 Å². The molecule has 0 radical (unpaired) electrons. The molecule has 1 N–H and O–H groups in total. The number of carbonyl (C=O) groups is 2. The number of nitrogens with zero attached hydrogens (tertiary/aromatic N) is 3. The molecule has 2 amide bonds. The highest BCUT2D eigenvalue weighted by Crippen LogP contribution is 2.17. The first kappa shape index (κ1) is 23.8. The Morgan fingerprint density at radius 1 is 1.24 bits per heavy atom. The number of hydrogen-bond acceptors (Lipinski definition) is 5. The number of hydrogen-bond donors (Lipinski definition) is 1. The Kier molecular flexibility index (Phi) is 7.80. The molecule has 1 fully saturated rings. The van der Waals surface area contributed by atoms with E-state index in [9.17, 15) is 9.59 Å². The second kappa shape index (κ2) is 11.2. The third-order valence-corrected chi connectivity index (χ3v) is 6.12. The average Bonchev–Trinajstić information content (AvgIpc) is 3.62. The minimum atomic E-state index is -0.282. The van der Waals surface area contributed by atoms with Crippen LogP contribution in [0.3, 0.4) is 0 Å². The van der Waals surface area contributed by atoms with Crippen molar-refractivity contribution in [2.24, 2.45) is 0 Å². The fourth-order valence-electron chi connectivity index (χ4n) is 4.18. The Morgan fingerprint density at radius 2 is 2.06 bits per heavy atom. The van der Waals surface area contributed by atoms with Crippen molar-refractivity contribution in [2.45, 2.75) is 58.3 Å². The lowest BCUT2D eigenvalue weighted by Gasteiger charge is -2.25. The number of rotatable bonds is 10. The highest BCUT2D eigenvalue weighted by molar-refractivity contribution is 5.92. The molecule has 2 atom stereocenters. The molecule has 3 heterocycles. The molecular formula is C26H32N4O4. The van der Waals surface area contributed by atoms with Gasteiger partial charge in [0.05, 0.1) is 25.2 Å². The van der Waals surface area contributed by atoms with Gasteiger partial charge in [-0.25, -0.2) is 4.98 Å². The number of oxazole rings is 1. The summed E-state index contributed by atoms with van der Waals surface area (Å²) in [5.74, 6) is 0.253. The zero-order chi connectivity index (χ0) is 23.9. The number of nitrogens with one attached hydrogen (secondary N) is 1. The van der Waals surface area contributed by atoms with Gasteiger partial charge in [-0.05, 0) is 37.5 Å².